The maximum absolute atomic E-state index is 9.10. The van der Waals surface area contributed by atoms with Crippen molar-refractivity contribution in [1.82, 2.24) is 10.2 Å². The fourth-order valence-electron chi connectivity index (χ4n) is 1.95. The first-order chi connectivity index (χ1) is 6.26. The summed E-state index contributed by atoms with van der Waals surface area (Å²) < 4.78 is 0. The van der Waals surface area contributed by atoms with E-state index in [0.717, 1.165) is 26.2 Å². The Hall–Kier alpha value is -0.120. The molecule has 13 heavy (non-hydrogen) atoms. The molecule has 2 atom stereocenters. The Morgan fingerprint density at radius 1 is 1.46 bits per heavy atom. The smallest absolute Gasteiger partial charge is 0.0597 e. The summed E-state index contributed by atoms with van der Waals surface area (Å²) in [4.78, 5) is 2.45. The van der Waals surface area contributed by atoms with Crippen LogP contribution in [-0.2, 0) is 0 Å². The van der Waals surface area contributed by atoms with Gasteiger partial charge >= 0.3 is 0 Å². The number of rotatable bonds is 3. The molecule has 0 radical (unpaired) electrons. The Morgan fingerprint density at radius 3 is 2.85 bits per heavy atom. The van der Waals surface area contributed by atoms with Crippen LogP contribution in [0.4, 0.5) is 0 Å². The molecule has 1 heterocycles. The molecule has 2 N–H and O–H groups in total. The Bertz CT molecular complexity index is 141. The summed E-state index contributed by atoms with van der Waals surface area (Å²) in [5.41, 5.74) is 0. The maximum atomic E-state index is 9.10. The van der Waals surface area contributed by atoms with Crippen molar-refractivity contribution in [2.75, 3.05) is 32.8 Å². The monoisotopic (exact) mass is 186 g/mol. The molecule has 0 saturated carbocycles. The third-order valence-electron chi connectivity index (χ3n) is 2.56. The summed E-state index contributed by atoms with van der Waals surface area (Å²) in [6, 6.07) is 0.275. The molecule has 3 nitrogen and oxygen atoms in total. The van der Waals surface area contributed by atoms with E-state index in [4.69, 9.17) is 5.11 Å². The highest BCUT2D eigenvalue weighted by Crippen LogP contribution is 2.06. The molecular weight excluding hydrogens is 164 g/mol. The molecule has 0 amide bonds. The van der Waals surface area contributed by atoms with E-state index in [-0.39, 0.29) is 12.6 Å². The highest BCUT2D eigenvalue weighted by atomic mass is 16.3. The third-order valence-corrected chi connectivity index (χ3v) is 2.56. The summed E-state index contributed by atoms with van der Waals surface area (Å²) in [6.07, 6.45) is 1.20. The second-order valence-electron chi connectivity index (χ2n) is 4.15. The van der Waals surface area contributed by atoms with E-state index in [1.165, 1.54) is 6.42 Å². The SMILES string of the molecule is CCCN1CC(C)CNC(CO)C1. The fraction of sp³-hybridized carbons (Fsp3) is 1.00. The molecule has 0 spiro atoms. The number of aliphatic hydroxyl groups is 1. The summed E-state index contributed by atoms with van der Waals surface area (Å²) in [5.74, 6) is 0.697. The molecule has 78 valence electrons. The van der Waals surface area contributed by atoms with Gasteiger partial charge in [-0.25, -0.2) is 0 Å². The van der Waals surface area contributed by atoms with Crippen LogP contribution in [0.25, 0.3) is 0 Å². The molecule has 1 fully saturated rings. The maximum Gasteiger partial charge on any atom is 0.0597 e. The predicted molar refractivity (Wildman–Crippen MR) is 54.8 cm³/mol. The van der Waals surface area contributed by atoms with Gasteiger partial charge in [0.25, 0.3) is 0 Å². The van der Waals surface area contributed by atoms with Gasteiger partial charge in [0.15, 0.2) is 0 Å². The zero-order chi connectivity index (χ0) is 9.68. The Balaban J connectivity index is 2.42. The molecule has 1 aliphatic rings. The lowest BCUT2D eigenvalue weighted by molar-refractivity contribution is 0.197. The molecule has 1 aliphatic heterocycles. The second kappa shape index (κ2) is 5.58. The van der Waals surface area contributed by atoms with Gasteiger partial charge in [-0.2, -0.15) is 0 Å². The Morgan fingerprint density at radius 2 is 2.23 bits per heavy atom. The van der Waals surface area contributed by atoms with Crippen molar-refractivity contribution < 1.29 is 5.11 Å². The van der Waals surface area contributed by atoms with Gasteiger partial charge in [0.2, 0.25) is 0 Å². The van der Waals surface area contributed by atoms with Gasteiger partial charge in [-0.3, -0.25) is 0 Å². The average molecular weight is 186 g/mol. The highest BCUT2D eigenvalue weighted by molar-refractivity contribution is 4.78. The van der Waals surface area contributed by atoms with Crippen molar-refractivity contribution in [3.63, 3.8) is 0 Å². The van der Waals surface area contributed by atoms with Gasteiger partial charge in [-0.1, -0.05) is 13.8 Å². The van der Waals surface area contributed by atoms with Gasteiger partial charge < -0.3 is 15.3 Å². The second-order valence-corrected chi connectivity index (χ2v) is 4.15. The van der Waals surface area contributed by atoms with E-state index < -0.39 is 0 Å². The van der Waals surface area contributed by atoms with Crippen LogP contribution >= 0.6 is 0 Å². The fourth-order valence-corrected chi connectivity index (χ4v) is 1.95. The minimum absolute atomic E-state index is 0.257. The Labute approximate surface area is 81.1 Å². The first-order valence-electron chi connectivity index (χ1n) is 5.32. The first-order valence-corrected chi connectivity index (χ1v) is 5.32. The molecule has 0 aromatic heterocycles. The van der Waals surface area contributed by atoms with Gasteiger partial charge in [0, 0.05) is 19.1 Å². The van der Waals surface area contributed by atoms with Gasteiger partial charge in [-0.05, 0) is 25.4 Å². The molecule has 1 rings (SSSR count). The normalized spacial score (nSPS) is 31.6. The van der Waals surface area contributed by atoms with Crippen LogP contribution in [0, 0.1) is 5.92 Å². The van der Waals surface area contributed by atoms with Crippen molar-refractivity contribution >= 4 is 0 Å². The molecule has 0 aromatic rings. The largest absolute Gasteiger partial charge is 0.395 e. The standard InChI is InChI=1S/C10H22N2O/c1-3-4-12-6-9(2)5-11-10(7-12)8-13/h9-11,13H,3-8H2,1-2H3. The Kier molecular flexibility index (Phi) is 4.70. The van der Waals surface area contributed by atoms with Crippen LogP contribution in [0.1, 0.15) is 20.3 Å². The zero-order valence-corrected chi connectivity index (χ0v) is 8.79. The van der Waals surface area contributed by atoms with E-state index >= 15 is 0 Å². The molecule has 2 unspecified atom stereocenters. The third kappa shape index (κ3) is 3.63. The minimum atomic E-state index is 0.257. The summed E-state index contributed by atoms with van der Waals surface area (Å²) in [5, 5.41) is 12.5. The van der Waals surface area contributed by atoms with Gasteiger partial charge in [0.1, 0.15) is 0 Å². The van der Waals surface area contributed by atoms with E-state index in [1.54, 1.807) is 0 Å². The molecule has 0 aliphatic carbocycles. The molecule has 0 bridgehead atoms. The zero-order valence-electron chi connectivity index (χ0n) is 8.79. The van der Waals surface area contributed by atoms with Crippen LogP contribution in [0.3, 0.4) is 0 Å². The topological polar surface area (TPSA) is 35.5 Å². The average Bonchev–Trinajstić information content (AvgIpc) is 2.28. The lowest BCUT2D eigenvalue weighted by atomic mass is 10.2. The van der Waals surface area contributed by atoms with E-state index in [0.29, 0.717) is 5.92 Å². The number of hydrogen-bond donors (Lipinski definition) is 2. The molecule has 0 aromatic carbocycles. The van der Waals surface area contributed by atoms with E-state index in [1.807, 2.05) is 0 Å². The van der Waals surface area contributed by atoms with Crippen LogP contribution < -0.4 is 5.32 Å². The molecule has 3 heteroatoms. The van der Waals surface area contributed by atoms with Gasteiger partial charge in [-0.15, -0.1) is 0 Å². The van der Waals surface area contributed by atoms with Crippen molar-refractivity contribution in [3.05, 3.63) is 0 Å². The first kappa shape index (κ1) is 11.0. The number of aliphatic hydroxyl groups excluding tert-OH is 1. The summed E-state index contributed by atoms with van der Waals surface area (Å²) in [6.45, 7) is 9.07. The molecular formula is C10H22N2O. The van der Waals surface area contributed by atoms with E-state index in [9.17, 15) is 0 Å². The van der Waals surface area contributed by atoms with Crippen LogP contribution in [0.15, 0.2) is 0 Å². The van der Waals surface area contributed by atoms with Crippen molar-refractivity contribution in [2.45, 2.75) is 26.3 Å². The predicted octanol–water partition coefficient (Wildman–Crippen LogP) is 0.299. The van der Waals surface area contributed by atoms with Gasteiger partial charge in [0.05, 0.1) is 6.61 Å². The minimum Gasteiger partial charge on any atom is -0.395 e. The van der Waals surface area contributed by atoms with Crippen LogP contribution in [0.2, 0.25) is 0 Å². The number of hydrogen-bond acceptors (Lipinski definition) is 3. The molecule has 1 saturated heterocycles. The highest BCUT2D eigenvalue weighted by Gasteiger charge is 2.19. The van der Waals surface area contributed by atoms with Crippen molar-refractivity contribution in [2.24, 2.45) is 5.92 Å². The lowest BCUT2D eigenvalue weighted by Gasteiger charge is -2.23. The van der Waals surface area contributed by atoms with Crippen LogP contribution in [-0.4, -0.2) is 48.8 Å². The summed E-state index contributed by atoms with van der Waals surface area (Å²) in [7, 11) is 0. The number of nitrogens with one attached hydrogen (secondary N) is 1. The quantitative estimate of drug-likeness (QED) is 0.665. The lowest BCUT2D eigenvalue weighted by Crippen LogP contribution is -2.40. The summed E-state index contributed by atoms with van der Waals surface area (Å²) >= 11 is 0. The van der Waals surface area contributed by atoms with Crippen molar-refractivity contribution in [1.29, 1.82) is 0 Å². The van der Waals surface area contributed by atoms with Crippen molar-refractivity contribution in [3.8, 4) is 0 Å². The van der Waals surface area contributed by atoms with Crippen LogP contribution in [0.5, 0.6) is 0 Å². The van der Waals surface area contributed by atoms with E-state index in [2.05, 4.69) is 24.1 Å². The number of nitrogens with zero attached hydrogens (tertiary/aromatic N) is 1.